The summed E-state index contributed by atoms with van der Waals surface area (Å²) in [6.07, 6.45) is 8.51. The Morgan fingerprint density at radius 1 is 1.30 bits per heavy atom. The van der Waals surface area contributed by atoms with E-state index in [-0.39, 0.29) is 5.92 Å². The zero-order chi connectivity index (χ0) is 20.7. The highest BCUT2D eigenvalue weighted by Crippen LogP contribution is 2.41. The molecule has 0 radical (unpaired) electrons. The van der Waals surface area contributed by atoms with Gasteiger partial charge < -0.3 is 5.32 Å². The van der Waals surface area contributed by atoms with Crippen molar-refractivity contribution < 1.29 is 4.79 Å². The molecule has 5 nitrogen and oxygen atoms in total. The van der Waals surface area contributed by atoms with E-state index in [0.717, 1.165) is 48.6 Å². The maximum Gasteiger partial charge on any atom is 0.142 e. The number of hydrogen-bond donors (Lipinski definition) is 1. The number of aromatic nitrogens is 2. The number of carbonyl (C=O) groups excluding carboxylic acids is 1. The Morgan fingerprint density at radius 3 is 3.07 bits per heavy atom. The minimum atomic E-state index is 0.142. The molecule has 0 fully saturated rings. The molecule has 0 bridgehead atoms. The van der Waals surface area contributed by atoms with Crippen LogP contribution in [0, 0.1) is 11.8 Å². The third kappa shape index (κ3) is 3.65. The maximum absolute atomic E-state index is 12.0. The van der Waals surface area contributed by atoms with E-state index in [1.165, 1.54) is 27.0 Å². The van der Waals surface area contributed by atoms with Gasteiger partial charge in [0.25, 0.3) is 0 Å². The second-order valence-corrected chi connectivity index (χ2v) is 9.77. The molecule has 1 N–H and O–H groups in total. The fourth-order valence-electron chi connectivity index (χ4n) is 4.47. The first-order valence-corrected chi connectivity index (χ1v) is 11.6. The first-order chi connectivity index (χ1) is 14.6. The molecule has 5 rings (SSSR count). The fraction of sp³-hybridized carbons (Fsp3) is 0.417. The van der Waals surface area contributed by atoms with Crippen LogP contribution in [0.1, 0.15) is 54.7 Å². The molecule has 3 heterocycles. The summed E-state index contributed by atoms with van der Waals surface area (Å²) >= 11 is 1.79. The number of ketones is 1. The number of benzene rings is 1. The summed E-state index contributed by atoms with van der Waals surface area (Å²) in [6, 6.07) is 6.37. The molecule has 1 atom stereocenters. The molecule has 0 saturated heterocycles. The number of aryl methyl sites for hydroxylation is 1. The summed E-state index contributed by atoms with van der Waals surface area (Å²) in [5, 5.41) is 4.70. The van der Waals surface area contributed by atoms with Gasteiger partial charge in [0.05, 0.1) is 11.9 Å². The summed E-state index contributed by atoms with van der Waals surface area (Å²) < 4.78 is 0. The van der Waals surface area contributed by atoms with Gasteiger partial charge in [0.1, 0.15) is 22.8 Å². The van der Waals surface area contributed by atoms with E-state index < -0.39 is 0 Å². The molecule has 1 aliphatic heterocycles. The maximum atomic E-state index is 12.0. The van der Waals surface area contributed by atoms with Gasteiger partial charge in [-0.05, 0) is 60.4 Å². The Labute approximate surface area is 180 Å². The smallest absolute Gasteiger partial charge is 0.142 e. The number of fused-ring (bicyclic) bond motifs is 4. The third-order valence-corrected chi connectivity index (χ3v) is 7.45. The van der Waals surface area contributed by atoms with Crippen LogP contribution >= 0.6 is 11.3 Å². The van der Waals surface area contributed by atoms with Gasteiger partial charge in [-0.15, -0.1) is 11.3 Å². The molecule has 0 amide bonds. The molecular formula is C24H26N4OS. The van der Waals surface area contributed by atoms with E-state index in [4.69, 9.17) is 0 Å². The van der Waals surface area contributed by atoms with Crippen LogP contribution in [0.4, 0.5) is 11.5 Å². The molecule has 154 valence electrons. The fourth-order valence-corrected chi connectivity index (χ4v) is 5.77. The monoisotopic (exact) mass is 418 g/mol. The van der Waals surface area contributed by atoms with Crippen molar-refractivity contribution in [2.75, 3.05) is 5.32 Å². The number of Topliss-reactive ketones (excluding diaryl/α,β-unsaturated/α-hetero) is 1. The van der Waals surface area contributed by atoms with Crippen LogP contribution in [0.3, 0.4) is 0 Å². The summed E-state index contributed by atoms with van der Waals surface area (Å²) in [5.74, 6) is 2.01. The van der Waals surface area contributed by atoms with Gasteiger partial charge in [0.2, 0.25) is 0 Å². The molecule has 0 spiro atoms. The van der Waals surface area contributed by atoms with E-state index in [1.54, 1.807) is 17.7 Å². The number of hydrogen-bond acceptors (Lipinski definition) is 6. The van der Waals surface area contributed by atoms with E-state index in [2.05, 4.69) is 38.5 Å². The first-order valence-electron chi connectivity index (χ1n) is 10.8. The third-order valence-electron chi connectivity index (χ3n) is 6.29. The predicted octanol–water partition coefficient (Wildman–Crippen LogP) is 5.48. The Bertz CT molecular complexity index is 1150. The molecule has 1 unspecified atom stereocenters. The predicted molar refractivity (Wildman–Crippen MR) is 123 cm³/mol. The molecule has 2 aliphatic rings. The highest BCUT2D eigenvalue weighted by molar-refractivity contribution is 7.19. The van der Waals surface area contributed by atoms with Gasteiger partial charge in [-0.3, -0.25) is 9.79 Å². The quantitative estimate of drug-likeness (QED) is 0.576. The highest BCUT2D eigenvalue weighted by Gasteiger charge is 2.26. The van der Waals surface area contributed by atoms with E-state index in [0.29, 0.717) is 18.1 Å². The van der Waals surface area contributed by atoms with Gasteiger partial charge in [0.15, 0.2) is 0 Å². The lowest BCUT2D eigenvalue weighted by atomic mass is 9.84. The van der Waals surface area contributed by atoms with Gasteiger partial charge in [-0.25, -0.2) is 9.97 Å². The molecule has 6 heteroatoms. The topological polar surface area (TPSA) is 67.2 Å². The standard InChI is InChI=1S/C24H26N4OS/c1-14(2)20(29)8-4-15-3-7-19-21(9-15)30-24-22(19)23(26-13-27-24)28-18-6-5-16-11-25-12-17(16)10-18/h5-6,10,12-15H,3-4,7-9,11H2,1-2H3,(H,26,27,28). The number of thiophene rings is 1. The van der Waals surface area contributed by atoms with E-state index in [9.17, 15) is 4.79 Å². The summed E-state index contributed by atoms with van der Waals surface area (Å²) in [4.78, 5) is 28.0. The lowest BCUT2D eigenvalue weighted by molar-refractivity contribution is -0.122. The largest absolute Gasteiger partial charge is 0.340 e. The lowest BCUT2D eigenvalue weighted by Crippen LogP contribution is -2.15. The number of anilines is 2. The Morgan fingerprint density at radius 2 is 2.20 bits per heavy atom. The van der Waals surface area contributed by atoms with Crippen LogP contribution < -0.4 is 5.32 Å². The Hall–Kier alpha value is -2.60. The minimum Gasteiger partial charge on any atom is -0.340 e. The van der Waals surface area contributed by atoms with Crippen LogP contribution in [-0.2, 0) is 24.2 Å². The number of nitrogens with zero attached hydrogens (tertiary/aromatic N) is 3. The summed E-state index contributed by atoms with van der Waals surface area (Å²) in [7, 11) is 0. The number of aliphatic imine (C=N–C) groups is 1. The molecule has 2 aromatic heterocycles. The number of rotatable bonds is 6. The van der Waals surface area contributed by atoms with Gasteiger partial charge in [0, 0.05) is 29.1 Å². The number of nitrogens with one attached hydrogen (secondary N) is 1. The Kier molecular flexibility index (Phi) is 5.11. The lowest BCUT2D eigenvalue weighted by Gasteiger charge is -2.22. The average molecular weight is 419 g/mol. The van der Waals surface area contributed by atoms with E-state index in [1.807, 2.05) is 20.1 Å². The van der Waals surface area contributed by atoms with Gasteiger partial charge in [-0.2, -0.15) is 0 Å². The van der Waals surface area contributed by atoms with Crippen LogP contribution in [0.15, 0.2) is 29.5 Å². The first kappa shape index (κ1) is 19.4. The van der Waals surface area contributed by atoms with Gasteiger partial charge in [-0.1, -0.05) is 19.9 Å². The highest BCUT2D eigenvalue weighted by atomic mass is 32.1. The number of carbonyl (C=O) groups is 1. The van der Waals surface area contributed by atoms with Crippen molar-refractivity contribution in [2.45, 2.75) is 52.5 Å². The van der Waals surface area contributed by atoms with Crippen molar-refractivity contribution >= 4 is 45.1 Å². The minimum absolute atomic E-state index is 0.142. The molecule has 0 saturated carbocycles. The second-order valence-electron chi connectivity index (χ2n) is 8.68. The molecule has 1 aromatic carbocycles. The van der Waals surface area contributed by atoms with Crippen molar-refractivity contribution in [1.29, 1.82) is 0 Å². The zero-order valence-corrected chi connectivity index (χ0v) is 18.3. The van der Waals surface area contributed by atoms with Crippen molar-refractivity contribution in [1.82, 2.24) is 9.97 Å². The summed E-state index contributed by atoms with van der Waals surface area (Å²) in [5.41, 5.74) is 4.87. The van der Waals surface area contributed by atoms with E-state index >= 15 is 0 Å². The summed E-state index contributed by atoms with van der Waals surface area (Å²) in [6.45, 7) is 4.76. The molecule has 3 aromatic rings. The van der Waals surface area contributed by atoms with Crippen LogP contribution in [-0.4, -0.2) is 22.0 Å². The Balaban J connectivity index is 1.39. The normalized spacial score (nSPS) is 17.4. The SMILES string of the molecule is CC(C)C(=O)CCC1CCc2c(sc3ncnc(Nc4ccc5c(c4)C=NC5)c23)C1. The van der Waals surface area contributed by atoms with Crippen LogP contribution in [0.2, 0.25) is 0 Å². The van der Waals surface area contributed by atoms with Crippen molar-refractivity contribution in [2.24, 2.45) is 16.8 Å². The zero-order valence-electron chi connectivity index (χ0n) is 17.4. The molecular weight excluding hydrogens is 392 g/mol. The van der Waals surface area contributed by atoms with Crippen molar-refractivity contribution in [3.05, 3.63) is 46.1 Å². The van der Waals surface area contributed by atoms with Crippen LogP contribution in [0.25, 0.3) is 10.2 Å². The van der Waals surface area contributed by atoms with Crippen LogP contribution in [0.5, 0.6) is 0 Å². The second kappa shape index (κ2) is 7.91. The molecule has 1 aliphatic carbocycles. The van der Waals surface area contributed by atoms with Crippen molar-refractivity contribution in [3.8, 4) is 0 Å². The average Bonchev–Trinajstić information content (AvgIpc) is 3.35. The molecule has 30 heavy (non-hydrogen) atoms. The van der Waals surface area contributed by atoms with Crippen molar-refractivity contribution in [3.63, 3.8) is 0 Å². The van der Waals surface area contributed by atoms with Gasteiger partial charge >= 0.3 is 0 Å².